The fraction of sp³-hybridized carbons (Fsp3) is 0.367. The van der Waals surface area contributed by atoms with Crippen LogP contribution >= 0.6 is 0 Å². The highest BCUT2D eigenvalue weighted by Crippen LogP contribution is 2.42. The molecule has 2 aliphatic rings. The zero-order valence-corrected chi connectivity index (χ0v) is 24.8. The molecule has 0 bridgehead atoms. The molecule has 0 aliphatic carbocycles. The summed E-state index contributed by atoms with van der Waals surface area (Å²) in [7, 11) is 1.86. The standard InChI is InChI=1S/C30H33F2N5O9/c1-3-42-30(14-38)25(23(41)19(40)13-43-30)46-24-21(31)28(44-17-6-4-5-16(11-17)27-35-9-10-37(27)2)36-29(22(24)32)45-20-12-15(26(33)34)7-8-18(20)39/h4-8,11-12,19,23,25,38-41H,3,9-10,13-14H2,1-2H3,(H3,33,34). The maximum absolute atomic E-state index is 16.1. The van der Waals surface area contributed by atoms with Crippen molar-refractivity contribution in [2.75, 3.05) is 40.0 Å². The number of aromatic nitrogens is 1. The Labute approximate surface area is 261 Å². The fourth-order valence-corrected chi connectivity index (χ4v) is 4.95. The van der Waals surface area contributed by atoms with Gasteiger partial charge in [-0.1, -0.05) is 12.1 Å². The van der Waals surface area contributed by atoms with Gasteiger partial charge in [-0.3, -0.25) is 10.4 Å². The van der Waals surface area contributed by atoms with Crippen molar-refractivity contribution >= 4 is 11.7 Å². The Hall–Kier alpha value is -4.61. The van der Waals surface area contributed by atoms with Gasteiger partial charge in [0.05, 0.1) is 13.2 Å². The van der Waals surface area contributed by atoms with E-state index in [1.807, 2.05) is 11.9 Å². The number of aromatic hydroxyl groups is 1. The number of nitrogen functional groups attached to an aromatic ring is 1. The highest BCUT2D eigenvalue weighted by Gasteiger charge is 2.53. The SMILES string of the molecule is CCOC1(CO)OCC(O)C(O)C1Oc1c(F)c(Oc2cccc(C3=NCCN3C)c2)nc(Oc2cc(C(=N)N)ccc2O)c1F. The molecule has 0 spiro atoms. The summed E-state index contributed by atoms with van der Waals surface area (Å²) in [5, 5.41) is 49.3. The van der Waals surface area contributed by atoms with Crippen molar-refractivity contribution in [1.29, 1.82) is 5.41 Å². The van der Waals surface area contributed by atoms with Crippen LogP contribution in [0.1, 0.15) is 18.1 Å². The average molecular weight is 646 g/mol. The molecule has 3 heterocycles. The number of aliphatic imine (C=N–C) groups is 1. The second-order valence-electron chi connectivity index (χ2n) is 10.4. The summed E-state index contributed by atoms with van der Waals surface area (Å²) in [6.45, 7) is 1.37. The molecule has 4 atom stereocenters. The van der Waals surface area contributed by atoms with Crippen LogP contribution in [0.4, 0.5) is 8.78 Å². The Bertz CT molecular complexity index is 1640. The Kier molecular flexibility index (Phi) is 9.55. The smallest absolute Gasteiger partial charge is 0.263 e. The average Bonchev–Trinajstić information content (AvgIpc) is 3.47. The third-order valence-electron chi connectivity index (χ3n) is 7.31. The molecule has 16 heteroatoms. The van der Waals surface area contributed by atoms with E-state index >= 15 is 8.78 Å². The number of halogens is 2. The molecule has 0 amide bonds. The van der Waals surface area contributed by atoms with Crippen molar-refractivity contribution in [2.24, 2.45) is 10.7 Å². The predicted octanol–water partition coefficient (Wildman–Crippen LogP) is 1.85. The van der Waals surface area contributed by atoms with Crippen molar-refractivity contribution < 1.29 is 52.9 Å². The molecule has 5 rings (SSSR count). The number of nitrogens with zero attached hydrogens (tertiary/aromatic N) is 3. The van der Waals surface area contributed by atoms with E-state index in [4.69, 9.17) is 34.8 Å². The molecule has 1 aromatic heterocycles. The molecule has 46 heavy (non-hydrogen) atoms. The van der Waals surface area contributed by atoms with Crippen LogP contribution in [-0.2, 0) is 9.47 Å². The minimum absolute atomic E-state index is 0.0736. The van der Waals surface area contributed by atoms with E-state index in [0.717, 1.165) is 12.1 Å². The van der Waals surface area contributed by atoms with E-state index in [0.29, 0.717) is 24.5 Å². The van der Waals surface area contributed by atoms with Crippen molar-refractivity contribution in [3.05, 3.63) is 65.2 Å². The Morgan fingerprint density at radius 1 is 1.15 bits per heavy atom. The van der Waals surface area contributed by atoms with Crippen LogP contribution in [0.5, 0.6) is 34.8 Å². The maximum atomic E-state index is 16.1. The molecule has 246 valence electrons. The largest absolute Gasteiger partial charge is 0.504 e. The summed E-state index contributed by atoms with van der Waals surface area (Å²) in [6, 6.07) is 10.1. The second-order valence-corrected chi connectivity index (χ2v) is 10.4. The number of hydrogen-bond donors (Lipinski definition) is 6. The second kappa shape index (κ2) is 13.4. The summed E-state index contributed by atoms with van der Waals surface area (Å²) < 4.78 is 60.1. The molecule has 1 fully saturated rings. The third kappa shape index (κ3) is 6.38. The maximum Gasteiger partial charge on any atom is 0.263 e. The first-order chi connectivity index (χ1) is 22.0. The van der Waals surface area contributed by atoms with Crippen LogP contribution in [0.3, 0.4) is 0 Å². The molecule has 3 aromatic rings. The lowest BCUT2D eigenvalue weighted by atomic mass is 9.96. The number of aliphatic hydroxyl groups excluding tert-OH is 3. The van der Waals surface area contributed by atoms with Crippen molar-refractivity contribution in [1.82, 2.24) is 9.88 Å². The topological polar surface area (TPSA) is 205 Å². The van der Waals surface area contributed by atoms with Gasteiger partial charge >= 0.3 is 0 Å². The first-order valence-corrected chi connectivity index (χ1v) is 14.2. The van der Waals surface area contributed by atoms with Crippen LogP contribution < -0.4 is 19.9 Å². The highest BCUT2D eigenvalue weighted by atomic mass is 19.1. The van der Waals surface area contributed by atoms with Gasteiger partial charge in [0.2, 0.25) is 23.2 Å². The minimum Gasteiger partial charge on any atom is -0.504 e. The lowest BCUT2D eigenvalue weighted by Crippen LogP contribution is -2.66. The highest BCUT2D eigenvalue weighted by molar-refractivity contribution is 6.00. The number of pyridine rings is 1. The number of hydrogen-bond acceptors (Lipinski definition) is 13. The Morgan fingerprint density at radius 2 is 1.89 bits per heavy atom. The monoisotopic (exact) mass is 645 g/mol. The minimum atomic E-state index is -2.13. The number of phenols is 1. The van der Waals surface area contributed by atoms with Gasteiger partial charge in [0.25, 0.3) is 11.8 Å². The van der Waals surface area contributed by atoms with Crippen LogP contribution in [0.2, 0.25) is 0 Å². The molecular formula is C30H33F2N5O9. The van der Waals surface area contributed by atoms with E-state index in [9.17, 15) is 20.4 Å². The van der Waals surface area contributed by atoms with Gasteiger partial charge in [-0.15, -0.1) is 0 Å². The number of rotatable bonds is 11. The van der Waals surface area contributed by atoms with Gasteiger partial charge in [-0.2, -0.15) is 13.8 Å². The van der Waals surface area contributed by atoms with Crippen molar-refractivity contribution in [3.63, 3.8) is 0 Å². The quantitative estimate of drug-likeness (QED) is 0.131. The number of nitrogens with two attached hydrogens (primary N) is 1. The van der Waals surface area contributed by atoms with Crippen LogP contribution in [-0.4, -0.2) is 106 Å². The van der Waals surface area contributed by atoms with Crippen LogP contribution in [0.25, 0.3) is 0 Å². The molecular weight excluding hydrogens is 612 g/mol. The number of aliphatic hydroxyl groups is 3. The molecule has 1 saturated heterocycles. The number of benzene rings is 2. The van der Waals surface area contributed by atoms with E-state index in [2.05, 4.69) is 9.98 Å². The summed E-state index contributed by atoms with van der Waals surface area (Å²) in [5.41, 5.74) is 6.30. The number of phenolic OH excluding ortho intramolecular Hbond substituents is 1. The number of nitrogens with one attached hydrogen (secondary N) is 1. The Balaban J connectivity index is 1.61. The van der Waals surface area contributed by atoms with Crippen molar-refractivity contribution in [3.8, 4) is 34.8 Å². The normalized spacial score (nSPS) is 22.8. The van der Waals surface area contributed by atoms with E-state index in [1.165, 1.54) is 12.1 Å². The predicted molar refractivity (Wildman–Crippen MR) is 158 cm³/mol. The Morgan fingerprint density at radius 3 is 2.54 bits per heavy atom. The van der Waals surface area contributed by atoms with Gasteiger partial charge < -0.3 is 54.7 Å². The van der Waals surface area contributed by atoms with Crippen LogP contribution in [0.15, 0.2) is 47.5 Å². The van der Waals surface area contributed by atoms with E-state index in [1.54, 1.807) is 25.1 Å². The molecule has 4 unspecified atom stereocenters. The third-order valence-corrected chi connectivity index (χ3v) is 7.31. The first-order valence-electron chi connectivity index (χ1n) is 14.2. The molecule has 0 saturated carbocycles. The van der Waals surface area contributed by atoms with E-state index in [-0.39, 0.29) is 23.8 Å². The summed E-state index contributed by atoms with van der Waals surface area (Å²) >= 11 is 0. The molecule has 14 nitrogen and oxygen atoms in total. The molecule has 2 aromatic carbocycles. The zero-order chi connectivity index (χ0) is 33.2. The van der Waals surface area contributed by atoms with Gasteiger partial charge in [0.1, 0.15) is 36.2 Å². The summed E-state index contributed by atoms with van der Waals surface area (Å²) in [5.74, 6) is -8.68. The van der Waals surface area contributed by atoms with Gasteiger partial charge in [0, 0.05) is 31.3 Å². The number of likely N-dealkylation sites (N-methyl/N-ethyl adjacent to an activating group) is 1. The summed E-state index contributed by atoms with van der Waals surface area (Å²) in [4.78, 5) is 10.2. The molecule has 0 radical (unpaired) electrons. The lowest BCUT2D eigenvalue weighted by molar-refractivity contribution is -0.342. The lowest BCUT2D eigenvalue weighted by Gasteiger charge is -2.45. The zero-order valence-electron chi connectivity index (χ0n) is 24.8. The molecule has 7 N–H and O–H groups in total. The van der Waals surface area contributed by atoms with E-state index < -0.39 is 78.0 Å². The number of ether oxygens (including phenoxy) is 5. The molecule has 2 aliphatic heterocycles. The summed E-state index contributed by atoms with van der Waals surface area (Å²) in [6.07, 6.45) is -5.29. The number of amidine groups is 2. The van der Waals surface area contributed by atoms with Gasteiger partial charge in [0.15, 0.2) is 17.6 Å². The first kappa shape index (κ1) is 32.8. The van der Waals surface area contributed by atoms with Crippen LogP contribution in [0, 0.1) is 17.0 Å². The van der Waals surface area contributed by atoms with Gasteiger partial charge in [-0.25, -0.2) is 0 Å². The van der Waals surface area contributed by atoms with Crippen molar-refractivity contribution in [2.45, 2.75) is 31.0 Å². The fourth-order valence-electron chi connectivity index (χ4n) is 4.95. The van der Waals surface area contributed by atoms with Gasteiger partial charge in [-0.05, 0) is 37.3 Å².